The van der Waals surface area contributed by atoms with Crippen LogP contribution in [-0.2, 0) is 6.54 Å². The fraction of sp³-hybridized carbons (Fsp3) is 0.278. The highest BCUT2D eigenvalue weighted by atomic mass is 35.5. The second-order valence-corrected chi connectivity index (χ2v) is 5.94. The Morgan fingerprint density at radius 1 is 0.955 bits per heavy atom. The number of likely N-dealkylation sites (tertiary alicyclic amines) is 1. The maximum Gasteiger partial charge on any atom is 0.0748 e. The van der Waals surface area contributed by atoms with Gasteiger partial charge in [-0.2, -0.15) is 5.10 Å². The van der Waals surface area contributed by atoms with Gasteiger partial charge in [-0.15, -0.1) is 0 Å². The quantitative estimate of drug-likeness (QED) is 0.847. The lowest BCUT2D eigenvalue weighted by Crippen LogP contribution is -2.33. The van der Waals surface area contributed by atoms with Crippen LogP contribution in [0.4, 0.5) is 5.69 Å². The Morgan fingerprint density at radius 2 is 1.64 bits per heavy atom. The standard InChI is InChI=1S/C18H20ClN3/c19-17-8-4-5-9-18(17)21-20-16-10-12-22(13-11-16)14-15-6-2-1-3-7-15/h1-9,21H,10-14H2. The Bertz CT molecular complexity index is 630. The van der Waals surface area contributed by atoms with Crippen LogP contribution >= 0.6 is 11.6 Å². The molecule has 0 aliphatic carbocycles. The second kappa shape index (κ2) is 7.43. The van der Waals surface area contributed by atoms with E-state index in [2.05, 4.69) is 45.8 Å². The van der Waals surface area contributed by atoms with Crippen molar-refractivity contribution in [1.82, 2.24) is 4.90 Å². The topological polar surface area (TPSA) is 27.6 Å². The first kappa shape index (κ1) is 15.1. The van der Waals surface area contributed by atoms with Crippen LogP contribution in [-0.4, -0.2) is 23.7 Å². The summed E-state index contributed by atoms with van der Waals surface area (Å²) in [5.74, 6) is 0. The van der Waals surface area contributed by atoms with Crippen molar-refractivity contribution in [3.8, 4) is 0 Å². The predicted octanol–water partition coefficient (Wildman–Crippen LogP) is 4.40. The van der Waals surface area contributed by atoms with Crippen molar-refractivity contribution in [2.24, 2.45) is 5.10 Å². The molecule has 0 bridgehead atoms. The average Bonchev–Trinajstić information content (AvgIpc) is 2.56. The molecule has 1 aliphatic heterocycles. The number of halogens is 1. The van der Waals surface area contributed by atoms with E-state index < -0.39 is 0 Å². The number of rotatable bonds is 4. The van der Waals surface area contributed by atoms with E-state index in [0.717, 1.165) is 38.2 Å². The van der Waals surface area contributed by atoms with E-state index in [1.54, 1.807) is 0 Å². The Labute approximate surface area is 136 Å². The van der Waals surface area contributed by atoms with Crippen LogP contribution in [0.3, 0.4) is 0 Å². The number of piperidine rings is 1. The monoisotopic (exact) mass is 313 g/mol. The van der Waals surface area contributed by atoms with Gasteiger partial charge in [0.05, 0.1) is 10.7 Å². The maximum absolute atomic E-state index is 6.12. The minimum atomic E-state index is 0.702. The zero-order valence-electron chi connectivity index (χ0n) is 12.5. The zero-order valence-corrected chi connectivity index (χ0v) is 13.3. The van der Waals surface area contributed by atoms with E-state index in [9.17, 15) is 0 Å². The molecule has 114 valence electrons. The molecule has 1 aliphatic rings. The average molecular weight is 314 g/mol. The number of nitrogens with one attached hydrogen (secondary N) is 1. The molecule has 22 heavy (non-hydrogen) atoms. The van der Waals surface area contributed by atoms with E-state index in [1.165, 1.54) is 11.3 Å². The lowest BCUT2D eigenvalue weighted by molar-refractivity contribution is 0.266. The smallest absolute Gasteiger partial charge is 0.0748 e. The van der Waals surface area contributed by atoms with Crippen molar-refractivity contribution in [3.63, 3.8) is 0 Å². The van der Waals surface area contributed by atoms with Crippen LogP contribution in [0.1, 0.15) is 18.4 Å². The summed E-state index contributed by atoms with van der Waals surface area (Å²) in [4.78, 5) is 2.48. The van der Waals surface area contributed by atoms with E-state index in [1.807, 2.05) is 24.3 Å². The predicted molar refractivity (Wildman–Crippen MR) is 93.5 cm³/mol. The van der Waals surface area contributed by atoms with Crippen molar-refractivity contribution < 1.29 is 0 Å². The van der Waals surface area contributed by atoms with Crippen molar-refractivity contribution in [2.45, 2.75) is 19.4 Å². The molecule has 1 saturated heterocycles. The number of anilines is 1. The molecule has 0 atom stereocenters. The van der Waals surface area contributed by atoms with Crippen molar-refractivity contribution in [3.05, 3.63) is 65.2 Å². The summed E-state index contributed by atoms with van der Waals surface area (Å²) in [6.07, 6.45) is 2.01. The molecule has 0 aromatic heterocycles. The molecule has 0 radical (unpaired) electrons. The molecular formula is C18H20ClN3. The molecule has 0 unspecified atom stereocenters. The van der Waals surface area contributed by atoms with Crippen molar-refractivity contribution in [1.29, 1.82) is 0 Å². The fourth-order valence-corrected chi connectivity index (χ4v) is 2.79. The highest BCUT2D eigenvalue weighted by Crippen LogP contribution is 2.21. The first-order chi connectivity index (χ1) is 10.8. The van der Waals surface area contributed by atoms with Crippen LogP contribution < -0.4 is 5.43 Å². The molecule has 1 heterocycles. The third-order valence-electron chi connectivity index (χ3n) is 3.89. The molecular weight excluding hydrogens is 294 g/mol. The van der Waals surface area contributed by atoms with Crippen LogP contribution in [0.2, 0.25) is 5.02 Å². The van der Waals surface area contributed by atoms with Gasteiger partial charge in [-0.3, -0.25) is 10.3 Å². The van der Waals surface area contributed by atoms with Gasteiger partial charge in [0.2, 0.25) is 0 Å². The van der Waals surface area contributed by atoms with Gasteiger partial charge >= 0.3 is 0 Å². The van der Waals surface area contributed by atoms with Gasteiger partial charge < -0.3 is 0 Å². The van der Waals surface area contributed by atoms with Gasteiger partial charge in [-0.1, -0.05) is 54.1 Å². The summed E-state index contributed by atoms with van der Waals surface area (Å²) in [6, 6.07) is 18.3. The van der Waals surface area contributed by atoms with Gasteiger partial charge in [0.15, 0.2) is 0 Å². The third kappa shape index (κ3) is 4.09. The molecule has 0 saturated carbocycles. The Kier molecular flexibility index (Phi) is 5.09. The van der Waals surface area contributed by atoms with E-state index in [0.29, 0.717) is 5.02 Å². The van der Waals surface area contributed by atoms with Gasteiger partial charge in [-0.05, 0) is 17.7 Å². The number of hydrogen-bond donors (Lipinski definition) is 1. The van der Waals surface area contributed by atoms with Crippen molar-refractivity contribution in [2.75, 3.05) is 18.5 Å². The van der Waals surface area contributed by atoms with E-state index in [-0.39, 0.29) is 0 Å². The molecule has 0 amide bonds. The molecule has 4 heteroatoms. The number of nitrogens with zero attached hydrogens (tertiary/aromatic N) is 2. The highest BCUT2D eigenvalue weighted by Gasteiger charge is 2.15. The Morgan fingerprint density at radius 3 is 2.36 bits per heavy atom. The number of hydrazone groups is 1. The van der Waals surface area contributed by atoms with Gasteiger partial charge in [0.25, 0.3) is 0 Å². The van der Waals surface area contributed by atoms with Crippen LogP contribution in [0, 0.1) is 0 Å². The molecule has 0 spiro atoms. The molecule has 1 fully saturated rings. The third-order valence-corrected chi connectivity index (χ3v) is 4.22. The summed E-state index contributed by atoms with van der Waals surface area (Å²) in [5, 5.41) is 5.21. The maximum atomic E-state index is 6.12. The summed E-state index contributed by atoms with van der Waals surface area (Å²) < 4.78 is 0. The Hall–Kier alpha value is -1.84. The van der Waals surface area contributed by atoms with Crippen molar-refractivity contribution >= 4 is 23.0 Å². The molecule has 2 aromatic rings. The second-order valence-electron chi connectivity index (χ2n) is 5.53. The fourth-order valence-electron chi connectivity index (χ4n) is 2.61. The molecule has 2 aromatic carbocycles. The number of hydrogen-bond acceptors (Lipinski definition) is 3. The lowest BCUT2D eigenvalue weighted by atomic mass is 10.1. The normalized spacial score (nSPS) is 15.6. The van der Waals surface area contributed by atoms with Gasteiger partial charge in [-0.25, -0.2) is 0 Å². The SMILES string of the molecule is Clc1ccccc1NN=C1CCN(Cc2ccccc2)CC1. The van der Waals surface area contributed by atoms with Gasteiger partial charge in [0, 0.05) is 38.2 Å². The summed E-state index contributed by atoms with van der Waals surface area (Å²) in [6.45, 7) is 3.13. The van der Waals surface area contributed by atoms with Gasteiger partial charge in [0.1, 0.15) is 0 Å². The molecule has 3 rings (SSSR count). The first-order valence-corrected chi connectivity index (χ1v) is 8.01. The lowest BCUT2D eigenvalue weighted by Gasteiger charge is -2.27. The summed E-state index contributed by atoms with van der Waals surface area (Å²) in [7, 11) is 0. The number of benzene rings is 2. The highest BCUT2D eigenvalue weighted by molar-refractivity contribution is 6.33. The Balaban J connectivity index is 1.51. The number of para-hydroxylation sites is 1. The first-order valence-electron chi connectivity index (χ1n) is 7.63. The van der Waals surface area contributed by atoms with Crippen LogP contribution in [0.15, 0.2) is 59.7 Å². The van der Waals surface area contributed by atoms with E-state index >= 15 is 0 Å². The molecule has 1 N–H and O–H groups in total. The van der Waals surface area contributed by atoms with E-state index in [4.69, 9.17) is 11.6 Å². The van der Waals surface area contributed by atoms with Crippen LogP contribution in [0.5, 0.6) is 0 Å². The summed E-state index contributed by atoms with van der Waals surface area (Å²) in [5.41, 5.74) is 6.53. The summed E-state index contributed by atoms with van der Waals surface area (Å²) >= 11 is 6.12. The largest absolute Gasteiger partial charge is 0.298 e. The minimum Gasteiger partial charge on any atom is -0.298 e. The zero-order chi connectivity index (χ0) is 15.2. The minimum absolute atomic E-state index is 0.702. The van der Waals surface area contributed by atoms with Crippen LogP contribution in [0.25, 0.3) is 0 Å². The molecule has 3 nitrogen and oxygen atoms in total.